The van der Waals surface area contributed by atoms with Crippen LogP contribution >= 0.6 is 0 Å². The van der Waals surface area contributed by atoms with Crippen molar-refractivity contribution in [2.75, 3.05) is 18.1 Å². The Morgan fingerprint density at radius 3 is 2.67 bits per heavy atom. The van der Waals surface area contributed by atoms with E-state index < -0.39 is 36.4 Å². The summed E-state index contributed by atoms with van der Waals surface area (Å²) in [5, 5.41) is 9.14. The van der Waals surface area contributed by atoms with Gasteiger partial charge in [0.15, 0.2) is 6.61 Å². The van der Waals surface area contributed by atoms with Crippen LogP contribution in [0.2, 0.25) is 0 Å². The highest BCUT2D eigenvalue weighted by atomic mass is 19.1. The van der Waals surface area contributed by atoms with Crippen molar-refractivity contribution in [1.82, 2.24) is 9.55 Å². The second kappa shape index (κ2) is 9.43. The molecule has 0 aliphatic carbocycles. The highest BCUT2D eigenvalue weighted by Gasteiger charge is 2.20. The van der Waals surface area contributed by atoms with Crippen LogP contribution in [0.3, 0.4) is 0 Å². The number of hydrogen-bond acceptors (Lipinski definition) is 6. The van der Waals surface area contributed by atoms with Crippen molar-refractivity contribution in [1.29, 1.82) is 5.26 Å². The smallest absolute Gasteiger partial charge is 0.326 e. The lowest BCUT2D eigenvalue weighted by Crippen LogP contribution is -2.36. The summed E-state index contributed by atoms with van der Waals surface area (Å²) in [4.78, 5) is 42.2. The molecule has 0 radical (unpaired) electrons. The lowest BCUT2D eigenvalue weighted by atomic mass is 10.2. The van der Waals surface area contributed by atoms with Crippen molar-refractivity contribution in [3.05, 3.63) is 71.0 Å². The van der Waals surface area contributed by atoms with E-state index in [4.69, 9.17) is 10.00 Å². The number of nitriles is 1. The summed E-state index contributed by atoms with van der Waals surface area (Å²) in [5.41, 5.74) is 0.0787. The number of amides is 1. The second-order valence-corrected chi connectivity index (χ2v) is 6.26. The first-order valence-corrected chi connectivity index (χ1v) is 9.03. The predicted octanol–water partition coefficient (Wildman–Crippen LogP) is 2.03. The van der Waals surface area contributed by atoms with Crippen molar-refractivity contribution in [3.63, 3.8) is 0 Å². The van der Waals surface area contributed by atoms with Gasteiger partial charge in [0.25, 0.3) is 11.5 Å². The number of carbonyl (C=O) groups excluding carboxylic acids is 2. The van der Waals surface area contributed by atoms with E-state index >= 15 is 0 Å². The van der Waals surface area contributed by atoms with E-state index in [9.17, 15) is 18.8 Å². The van der Waals surface area contributed by atoms with Gasteiger partial charge in [-0.2, -0.15) is 5.26 Å². The molecule has 0 unspecified atom stereocenters. The second-order valence-electron chi connectivity index (χ2n) is 6.26. The number of aromatic nitrogens is 2. The molecule has 1 amide bonds. The molecule has 0 atom stereocenters. The Labute approximate surface area is 170 Å². The molecule has 0 aliphatic heterocycles. The van der Waals surface area contributed by atoms with Gasteiger partial charge in [-0.1, -0.05) is 24.3 Å². The van der Waals surface area contributed by atoms with E-state index in [0.717, 1.165) is 9.47 Å². The minimum absolute atomic E-state index is 0.0104. The third-order valence-corrected chi connectivity index (χ3v) is 4.28. The maximum absolute atomic E-state index is 14.1. The first kappa shape index (κ1) is 20.7. The molecule has 30 heavy (non-hydrogen) atoms. The minimum atomic E-state index is -0.823. The van der Waals surface area contributed by atoms with Crippen LogP contribution in [-0.4, -0.2) is 34.6 Å². The van der Waals surface area contributed by atoms with E-state index in [-0.39, 0.29) is 18.7 Å². The van der Waals surface area contributed by atoms with Crippen LogP contribution in [0.25, 0.3) is 10.9 Å². The summed E-state index contributed by atoms with van der Waals surface area (Å²) >= 11 is 0. The lowest BCUT2D eigenvalue weighted by Gasteiger charge is -2.22. The van der Waals surface area contributed by atoms with Crippen LogP contribution in [0.4, 0.5) is 10.1 Å². The molecular weight excluding hydrogens is 391 g/mol. The monoisotopic (exact) mass is 408 g/mol. The Morgan fingerprint density at radius 1 is 1.17 bits per heavy atom. The van der Waals surface area contributed by atoms with Crippen molar-refractivity contribution in [2.45, 2.75) is 13.0 Å². The third-order valence-electron chi connectivity index (χ3n) is 4.28. The number of halogens is 1. The number of fused-ring (bicyclic) bond motifs is 1. The molecule has 2 aromatic carbocycles. The largest absolute Gasteiger partial charge is 0.454 e. The molecule has 0 N–H and O–H groups in total. The molecule has 0 saturated heterocycles. The van der Waals surface area contributed by atoms with E-state index in [0.29, 0.717) is 10.9 Å². The number of esters is 1. The standard InChI is InChI=1S/C21H17FN4O4/c22-16-7-2-4-9-18(16)26(11-5-10-23)19(27)13-30-20(28)12-25-14-24-17-8-3-1-6-15(17)21(25)29/h1-4,6-9,14H,5,11-13H2. The third kappa shape index (κ3) is 4.67. The van der Waals surface area contributed by atoms with Crippen molar-refractivity contribution in [3.8, 4) is 6.07 Å². The zero-order valence-corrected chi connectivity index (χ0v) is 15.8. The minimum Gasteiger partial charge on any atom is -0.454 e. The fraction of sp³-hybridized carbons (Fsp3) is 0.190. The maximum atomic E-state index is 14.1. The Bertz CT molecular complexity index is 1190. The zero-order valence-electron chi connectivity index (χ0n) is 15.8. The number of rotatable bonds is 7. The van der Waals surface area contributed by atoms with Crippen molar-refractivity contribution < 1.29 is 18.7 Å². The first-order valence-electron chi connectivity index (χ1n) is 9.03. The number of nitrogens with zero attached hydrogens (tertiary/aromatic N) is 4. The number of ether oxygens (including phenoxy) is 1. The fourth-order valence-corrected chi connectivity index (χ4v) is 2.84. The molecule has 3 rings (SSSR count). The summed E-state index contributed by atoms with van der Waals surface area (Å²) in [5.74, 6) is -2.15. The Hall–Kier alpha value is -4.06. The highest BCUT2D eigenvalue weighted by Crippen LogP contribution is 2.19. The maximum Gasteiger partial charge on any atom is 0.326 e. The predicted molar refractivity (Wildman–Crippen MR) is 106 cm³/mol. The average molecular weight is 408 g/mol. The SMILES string of the molecule is N#CCCN(C(=O)COC(=O)Cn1cnc2ccccc2c1=O)c1ccccc1F. The average Bonchev–Trinajstić information content (AvgIpc) is 2.76. The van der Waals surface area contributed by atoms with E-state index in [2.05, 4.69) is 4.98 Å². The first-order chi connectivity index (χ1) is 14.5. The van der Waals surface area contributed by atoms with E-state index in [1.54, 1.807) is 30.3 Å². The zero-order chi connectivity index (χ0) is 21.5. The molecule has 0 bridgehead atoms. The number of carbonyl (C=O) groups is 2. The highest BCUT2D eigenvalue weighted by molar-refractivity contribution is 5.95. The molecule has 0 fully saturated rings. The number of benzene rings is 2. The van der Waals surface area contributed by atoms with Crippen LogP contribution < -0.4 is 10.5 Å². The van der Waals surface area contributed by atoms with Crippen LogP contribution in [0.15, 0.2) is 59.7 Å². The number of para-hydroxylation sites is 2. The van der Waals surface area contributed by atoms with Crippen LogP contribution in [-0.2, 0) is 20.9 Å². The fourth-order valence-electron chi connectivity index (χ4n) is 2.84. The molecule has 8 nitrogen and oxygen atoms in total. The van der Waals surface area contributed by atoms with Crippen LogP contribution in [0.1, 0.15) is 6.42 Å². The van der Waals surface area contributed by atoms with Gasteiger partial charge in [-0.25, -0.2) is 9.37 Å². The van der Waals surface area contributed by atoms with Gasteiger partial charge >= 0.3 is 5.97 Å². The van der Waals surface area contributed by atoms with Gasteiger partial charge in [-0.15, -0.1) is 0 Å². The van der Waals surface area contributed by atoms with Gasteiger partial charge in [-0.05, 0) is 24.3 Å². The van der Waals surface area contributed by atoms with Gasteiger partial charge < -0.3 is 9.64 Å². The molecule has 3 aromatic rings. The Balaban J connectivity index is 1.68. The molecular formula is C21H17FN4O4. The summed E-state index contributed by atoms with van der Waals surface area (Å²) < 4.78 is 20.1. The molecule has 152 valence electrons. The Kier molecular flexibility index (Phi) is 6.49. The van der Waals surface area contributed by atoms with Gasteiger partial charge in [0.05, 0.1) is 35.4 Å². The summed E-state index contributed by atoms with van der Waals surface area (Å²) in [6, 6.07) is 14.2. The van der Waals surface area contributed by atoms with Crippen LogP contribution in [0, 0.1) is 17.1 Å². The van der Waals surface area contributed by atoms with Gasteiger partial charge in [0.2, 0.25) is 0 Å². The molecule has 0 aliphatic rings. The molecule has 1 aromatic heterocycles. The van der Waals surface area contributed by atoms with E-state index in [1.807, 2.05) is 6.07 Å². The molecule has 9 heteroatoms. The quantitative estimate of drug-likeness (QED) is 0.554. The molecule has 0 saturated carbocycles. The summed E-state index contributed by atoms with van der Waals surface area (Å²) in [6.45, 7) is -1.14. The van der Waals surface area contributed by atoms with Crippen molar-refractivity contribution >= 4 is 28.5 Å². The van der Waals surface area contributed by atoms with Gasteiger partial charge in [0.1, 0.15) is 12.4 Å². The Morgan fingerprint density at radius 2 is 1.90 bits per heavy atom. The number of hydrogen-bond donors (Lipinski definition) is 0. The number of anilines is 1. The lowest BCUT2D eigenvalue weighted by molar-refractivity contribution is -0.148. The topological polar surface area (TPSA) is 105 Å². The summed E-state index contributed by atoms with van der Waals surface area (Å²) in [7, 11) is 0. The van der Waals surface area contributed by atoms with Gasteiger partial charge in [0, 0.05) is 6.54 Å². The normalized spacial score (nSPS) is 10.4. The van der Waals surface area contributed by atoms with Crippen LogP contribution in [0.5, 0.6) is 0 Å². The molecule has 0 spiro atoms. The molecule has 1 heterocycles. The van der Waals surface area contributed by atoms with Crippen molar-refractivity contribution in [2.24, 2.45) is 0 Å². The van der Waals surface area contributed by atoms with Gasteiger partial charge in [-0.3, -0.25) is 19.0 Å². The summed E-state index contributed by atoms with van der Waals surface area (Å²) in [6.07, 6.45) is 1.21. The van der Waals surface area contributed by atoms with E-state index in [1.165, 1.54) is 24.5 Å².